The van der Waals surface area contributed by atoms with E-state index >= 15 is 13.7 Å². The molecule has 0 radical (unpaired) electrons. The molecule has 552 valence electrons. The summed E-state index contributed by atoms with van der Waals surface area (Å²) in [6, 6.07) is 141. The second kappa shape index (κ2) is 27.8. The Morgan fingerprint density at radius 3 is 1.00 bits per heavy atom. The summed E-state index contributed by atoms with van der Waals surface area (Å²) in [5.41, 5.74) is 11.4. The summed E-state index contributed by atoms with van der Waals surface area (Å²) in [7, 11) is -9.60. The van der Waals surface area contributed by atoms with Gasteiger partial charge in [-0.05, 0) is 109 Å². The predicted octanol–water partition coefficient (Wildman–Crippen LogP) is 22.8. The van der Waals surface area contributed by atoms with Gasteiger partial charge in [-0.15, -0.1) is 0 Å². The molecule has 117 heavy (non-hydrogen) atoms. The first-order chi connectivity index (χ1) is 57.7. The molecule has 12 heteroatoms. The van der Waals surface area contributed by atoms with Gasteiger partial charge in [0.05, 0.1) is 49.7 Å². The summed E-state index contributed by atoms with van der Waals surface area (Å²) >= 11 is 0. The highest BCUT2D eigenvalue weighted by atomic mass is 31.2. The highest BCUT2D eigenvalue weighted by Crippen LogP contribution is 2.50. The van der Waals surface area contributed by atoms with Gasteiger partial charge in [0, 0.05) is 80.1 Å². The second-order valence-electron chi connectivity index (χ2n) is 29.8. The Morgan fingerprint density at radius 2 is 0.513 bits per heavy atom. The highest BCUT2D eigenvalue weighted by Gasteiger charge is 2.36. The molecule has 0 spiro atoms. The fourth-order valence-corrected chi connectivity index (χ4v) is 26.6. The Labute approximate surface area is 672 Å². The predicted molar refractivity (Wildman–Crippen MR) is 494 cm³/mol. The Bertz CT molecular complexity index is 8180. The number of rotatable bonds is 9. The van der Waals surface area contributed by atoms with Gasteiger partial charge in [0.25, 0.3) is 0 Å². The summed E-state index contributed by atoms with van der Waals surface area (Å²) in [5, 5.41) is 24.5. The van der Waals surface area contributed by atoms with Crippen molar-refractivity contribution in [3.05, 3.63) is 419 Å². The maximum absolute atomic E-state index is 15.7. The quantitative estimate of drug-likeness (QED) is 0.105. The van der Waals surface area contributed by atoms with Crippen molar-refractivity contribution in [3.63, 3.8) is 0 Å². The van der Waals surface area contributed by atoms with Gasteiger partial charge in [0.15, 0.2) is 21.4 Å². The van der Waals surface area contributed by atoms with E-state index < -0.39 is 21.4 Å². The molecule has 0 aliphatic carbocycles. The van der Waals surface area contributed by atoms with E-state index in [0.717, 1.165) is 163 Å². The summed E-state index contributed by atoms with van der Waals surface area (Å²) < 4.78 is 53.1. The smallest absolute Gasteiger partial charge is 0.173 e. The van der Waals surface area contributed by atoms with Gasteiger partial charge in [-0.1, -0.05) is 358 Å². The molecule has 0 N–H and O–H groups in total. The minimum Gasteiger partial charge on any atom is -0.309 e. The van der Waals surface area contributed by atoms with E-state index in [1.54, 1.807) is 0 Å². The lowest BCUT2D eigenvalue weighted by molar-refractivity contribution is 0.591. The molecule has 6 aromatic heterocycles. The van der Waals surface area contributed by atoms with Gasteiger partial charge in [-0.3, -0.25) is 13.2 Å². The number of imidazole rings is 3. The van der Waals surface area contributed by atoms with Gasteiger partial charge in [-0.2, -0.15) is 0 Å². The molecular weight excluding hydrogens is 1490 g/mol. The molecule has 0 saturated heterocycles. The van der Waals surface area contributed by atoms with Crippen LogP contribution in [0.25, 0.3) is 147 Å². The topological polar surface area (TPSA) is 103 Å². The molecule has 0 atom stereocenters. The highest BCUT2D eigenvalue weighted by molar-refractivity contribution is 7.86. The number of pyridine rings is 3. The molecular formula is C105H69N6O3P3. The SMILES string of the molecule is O=P(c1ccccc1)(c1ccccc1)c1ccc2nc3c4c5ccccc5ccc4c4ccccc4n3c2c1.O=P(c1ccccc1)(c1ccccc1)c1cccc2c1c1ccc3ccccc3c1c1nc3ccccc3n21.O=P(c1ccccc1)(c1ccccc1)c1cccc2nc3c4c5ccccc5ccc4c4ccccc4n3c12. The van der Waals surface area contributed by atoms with Crippen molar-refractivity contribution in [2.75, 3.05) is 0 Å². The summed E-state index contributed by atoms with van der Waals surface area (Å²) in [4.78, 5) is 15.6. The van der Waals surface area contributed by atoms with Crippen LogP contribution in [0.2, 0.25) is 0 Å². The van der Waals surface area contributed by atoms with Gasteiger partial charge in [-0.25, -0.2) is 15.0 Å². The van der Waals surface area contributed by atoms with Gasteiger partial charge in [0.1, 0.15) is 16.9 Å². The van der Waals surface area contributed by atoms with Gasteiger partial charge < -0.3 is 13.7 Å². The minimum absolute atomic E-state index is 0.801. The molecule has 0 bridgehead atoms. The third-order valence-electron chi connectivity index (χ3n) is 23.5. The third-order valence-corrected chi connectivity index (χ3v) is 32.7. The molecule has 24 rings (SSSR count). The number of hydrogen-bond donors (Lipinski definition) is 0. The Morgan fingerprint density at radius 1 is 0.188 bits per heavy atom. The van der Waals surface area contributed by atoms with Crippen molar-refractivity contribution >= 4 is 217 Å². The van der Waals surface area contributed by atoms with E-state index in [2.05, 4.69) is 207 Å². The third kappa shape index (κ3) is 10.9. The van der Waals surface area contributed by atoms with Crippen molar-refractivity contribution in [2.24, 2.45) is 0 Å². The van der Waals surface area contributed by atoms with Crippen LogP contribution in [0.15, 0.2) is 419 Å². The molecule has 0 fully saturated rings. The zero-order chi connectivity index (χ0) is 77.9. The van der Waals surface area contributed by atoms with E-state index in [1.165, 1.54) is 32.3 Å². The Kier molecular flexibility index (Phi) is 16.6. The van der Waals surface area contributed by atoms with E-state index in [0.29, 0.717) is 0 Å². The van der Waals surface area contributed by atoms with Crippen LogP contribution >= 0.6 is 21.4 Å². The lowest BCUT2D eigenvalue weighted by Gasteiger charge is -2.23. The molecule has 0 amide bonds. The van der Waals surface area contributed by atoms with Gasteiger partial charge in [0.2, 0.25) is 0 Å². The van der Waals surface area contributed by atoms with Crippen LogP contribution in [-0.4, -0.2) is 28.2 Å². The average molecular weight is 1560 g/mol. The number of benzene rings is 18. The van der Waals surface area contributed by atoms with Crippen LogP contribution in [-0.2, 0) is 13.7 Å². The molecule has 0 aliphatic rings. The fourth-order valence-electron chi connectivity index (χ4n) is 18.2. The summed E-state index contributed by atoms with van der Waals surface area (Å²) in [5.74, 6) is 0. The first kappa shape index (κ1) is 69.5. The Hall–Kier alpha value is -14.2. The zero-order valence-corrected chi connectivity index (χ0v) is 65.8. The first-order valence-corrected chi connectivity index (χ1v) is 44.4. The number of para-hydroxylation sites is 5. The Balaban J connectivity index is 0.000000106. The van der Waals surface area contributed by atoms with E-state index in [4.69, 9.17) is 15.0 Å². The van der Waals surface area contributed by atoms with E-state index in [9.17, 15) is 0 Å². The normalized spacial score (nSPS) is 12.2. The summed E-state index contributed by atoms with van der Waals surface area (Å²) in [6.45, 7) is 0. The van der Waals surface area contributed by atoms with E-state index in [-0.39, 0.29) is 0 Å². The number of aromatic nitrogens is 6. The largest absolute Gasteiger partial charge is 0.309 e. The standard InChI is InChI=1S/3C35H23N2OP/c38-39(25-13-3-1-4-14-25,26-15-5-2-6-16-26)32-21-11-19-30-34(32)37-31-20-10-9-18-28(31)29-23-22-24-12-7-8-17-27(24)33(29)35(37)36-30;38-39(25-13-3-1-4-14-25,26-15-5-2-6-16-26)32-21-11-20-31-34(32)28-23-22-24-12-7-8-17-27(24)33(28)35-36-29-18-9-10-19-30(29)37(31)35;38-39(25-12-3-1-4-13-25,26-14-5-2-6-15-26)27-20-22-31-33(23-27)37-32-18-10-9-17-29(32)30-21-19-24-11-7-8-16-28(24)34(30)35(37)36-31/h3*1-23H. The minimum atomic E-state index is -3.24. The molecule has 24 aromatic rings. The van der Waals surface area contributed by atoms with Crippen molar-refractivity contribution in [2.45, 2.75) is 0 Å². The zero-order valence-electron chi connectivity index (χ0n) is 63.1. The summed E-state index contributed by atoms with van der Waals surface area (Å²) in [6.07, 6.45) is 0. The molecule has 0 saturated carbocycles. The van der Waals surface area contributed by atoms with Crippen molar-refractivity contribution in [1.29, 1.82) is 0 Å². The molecule has 0 unspecified atom stereocenters. The van der Waals surface area contributed by atoms with Crippen LogP contribution in [0.1, 0.15) is 0 Å². The van der Waals surface area contributed by atoms with Crippen molar-refractivity contribution in [1.82, 2.24) is 28.2 Å². The molecule has 0 aliphatic heterocycles. The number of nitrogens with zero attached hydrogens (tertiary/aromatic N) is 6. The van der Waals surface area contributed by atoms with Crippen molar-refractivity contribution in [3.8, 4) is 0 Å². The van der Waals surface area contributed by atoms with Crippen molar-refractivity contribution < 1.29 is 13.7 Å². The second-order valence-corrected chi connectivity index (χ2v) is 38.0. The van der Waals surface area contributed by atoms with E-state index in [1.807, 2.05) is 224 Å². The monoisotopic (exact) mass is 1550 g/mol. The van der Waals surface area contributed by atoms with Gasteiger partial charge >= 0.3 is 0 Å². The van der Waals surface area contributed by atoms with Crippen LogP contribution in [0.3, 0.4) is 0 Å². The first-order valence-electron chi connectivity index (χ1n) is 39.3. The fraction of sp³-hybridized carbons (Fsp3) is 0. The van der Waals surface area contributed by atoms with Crippen LogP contribution in [0, 0.1) is 0 Å². The lowest BCUT2D eigenvalue weighted by atomic mass is 9.99. The number of hydrogen-bond acceptors (Lipinski definition) is 6. The average Bonchev–Trinajstić information content (AvgIpc) is 1.63. The molecule has 18 aromatic carbocycles. The lowest BCUT2D eigenvalue weighted by Crippen LogP contribution is -2.26. The molecule has 6 heterocycles. The van der Waals surface area contributed by atoms with Crippen LogP contribution < -0.4 is 47.7 Å². The maximum atomic E-state index is 15.7. The number of fused-ring (bicyclic) bond motifs is 30. The van der Waals surface area contributed by atoms with Crippen LogP contribution in [0.4, 0.5) is 0 Å². The molecule has 9 nitrogen and oxygen atoms in total. The van der Waals surface area contributed by atoms with Crippen LogP contribution in [0.5, 0.6) is 0 Å². The maximum Gasteiger partial charge on any atom is 0.173 e.